The Balaban J connectivity index is 2.45. The molecule has 9 heteroatoms. The fourth-order valence-corrected chi connectivity index (χ4v) is 3.71. The Morgan fingerprint density at radius 3 is 2.38 bits per heavy atom. The van der Waals surface area contributed by atoms with Gasteiger partial charge in [-0.3, -0.25) is 14.9 Å². The third-order valence-electron chi connectivity index (χ3n) is 5.30. The van der Waals surface area contributed by atoms with E-state index in [0.29, 0.717) is 5.56 Å². The van der Waals surface area contributed by atoms with Crippen molar-refractivity contribution in [3.8, 4) is 5.75 Å². The first-order valence-electron chi connectivity index (χ1n) is 9.19. The van der Waals surface area contributed by atoms with Gasteiger partial charge < -0.3 is 13.9 Å². The van der Waals surface area contributed by atoms with Crippen LogP contribution in [0.5, 0.6) is 5.75 Å². The first-order chi connectivity index (χ1) is 13.3. The summed E-state index contributed by atoms with van der Waals surface area (Å²) >= 11 is 3.32. The minimum absolute atomic E-state index is 0.0291. The quantitative estimate of drug-likeness (QED) is 0.336. The Hall–Kier alpha value is -1.97. The molecule has 1 N–H and O–H groups in total. The maximum atomic E-state index is 12.3. The van der Waals surface area contributed by atoms with Crippen LogP contribution >= 0.6 is 15.9 Å². The van der Waals surface area contributed by atoms with Gasteiger partial charge in [0.25, 0.3) is 0 Å². The highest BCUT2D eigenvalue weighted by Crippen LogP contribution is 2.37. The van der Waals surface area contributed by atoms with Crippen LogP contribution in [0.1, 0.15) is 43.8 Å². The molecule has 0 fully saturated rings. The molecule has 0 radical (unpaired) electrons. The molecular weight excluding hydrogens is 458 g/mol. The lowest BCUT2D eigenvalue weighted by Crippen LogP contribution is -2.40. The van der Waals surface area contributed by atoms with Crippen molar-refractivity contribution in [1.29, 1.82) is 0 Å². The highest BCUT2D eigenvalue weighted by Gasteiger charge is 2.37. The molecular formula is C20H26BrNO6Si. The van der Waals surface area contributed by atoms with E-state index in [9.17, 15) is 20.0 Å². The van der Waals surface area contributed by atoms with Crippen molar-refractivity contribution in [2.75, 3.05) is 6.54 Å². The topological polar surface area (TPSA) is 103 Å². The summed E-state index contributed by atoms with van der Waals surface area (Å²) in [5.41, 5.74) is -0.0867. The van der Waals surface area contributed by atoms with Gasteiger partial charge in [0.05, 0.1) is 6.61 Å². The summed E-state index contributed by atoms with van der Waals surface area (Å²) in [6.45, 7) is 9.97. The first-order valence-corrected chi connectivity index (χ1v) is 12.9. The number of benzene rings is 1. The molecule has 158 valence electrons. The summed E-state index contributed by atoms with van der Waals surface area (Å²) in [4.78, 5) is 23.1. The van der Waals surface area contributed by atoms with Crippen molar-refractivity contribution in [2.24, 2.45) is 0 Å². The Bertz CT molecular complexity index is 933. The maximum Gasteiger partial charge on any atom is 0.227 e. The summed E-state index contributed by atoms with van der Waals surface area (Å²) in [7, 11) is -2.10. The highest BCUT2D eigenvalue weighted by atomic mass is 79.9. The normalized spacial score (nSPS) is 13.3. The molecule has 0 aliphatic heterocycles. The Kier molecular flexibility index (Phi) is 7.08. The van der Waals surface area contributed by atoms with E-state index in [1.54, 1.807) is 24.3 Å². The van der Waals surface area contributed by atoms with Crippen molar-refractivity contribution in [2.45, 2.75) is 51.4 Å². The maximum absolute atomic E-state index is 12.3. The standard InChI is InChI=1S/C20H26BrNO6Si/c1-20(2,3)29(4,5)27-12-15-10-17(23)18(24)19(28-15)16(11-22(25)26)13-6-8-14(21)9-7-13/h6-10,16,24H,11-12H2,1-5H3/t16-/m0/s1. The molecule has 2 rings (SSSR count). The van der Waals surface area contributed by atoms with Crippen LogP contribution in [0.25, 0.3) is 0 Å². The second kappa shape index (κ2) is 8.81. The summed E-state index contributed by atoms with van der Waals surface area (Å²) in [6, 6.07) is 8.04. The summed E-state index contributed by atoms with van der Waals surface area (Å²) < 4.78 is 12.7. The number of hydrogen-bond donors (Lipinski definition) is 1. The minimum atomic E-state index is -2.10. The van der Waals surface area contributed by atoms with E-state index < -0.39 is 36.9 Å². The van der Waals surface area contributed by atoms with Gasteiger partial charge in [-0.05, 0) is 35.8 Å². The van der Waals surface area contributed by atoms with Gasteiger partial charge in [0.1, 0.15) is 11.7 Å². The van der Waals surface area contributed by atoms with Gasteiger partial charge in [-0.15, -0.1) is 0 Å². The van der Waals surface area contributed by atoms with Gasteiger partial charge >= 0.3 is 0 Å². The van der Waals surface area contributed by atoms with Crippen LogP contribution in [0.3, 0.4) is 0 Å². The molecule has 0 aliphatic rings. The average Bonchev–Trinajstić information content (AvgIpc) is 2.60. The lowest BCUT2D eigenvalue weighted by molar-refractivity contribution is -0.482. The summed E-state index contributed by atoms with van der Waals surface area (Å²) in [5, 5.41) is 21.5. The van der Waals surface area contributed by atoms with Crippen molar-refractivity contribution >= 4 is 24.2 Å². The van der Waals surface area contributed by atoms with Crippen molar-refractivity contribution in [3.05, 3.63) is 72.2 Å². The molecule has 0 aliphatic carbocycles. The molecule has 1 heterocycles. The molecule has 0 bridgehead atoms. The van der Waals surface area contributed by atoms with E-state index in [1.165, 1.54) is 6.07 Å². The second-order valence-electron chi connectivity index (χ2n) is 8.46. The van der Waals surface area contributed by atoms with Crippen LogP contribution in [0.15, 0.2) is 44.0 Å². The predicted molar refractivity (Wildman–Crippen MR) is 116 cm³/mol. The van der Waals surface area contributed by atoms with Crippen LogP contribution in [0.2, 0.25) is 18.1 Å². The van der Waals surface area contributed by atoms with Crippen LogP contribution in [0.4, 0.5) is 0 Å². The van der Waals surface area contributed by atoms with E-state index in [1.807, 2.05) is 0 Å². The van der Waals surface area contributed by atoms with Gasteiger partial charge in [0.2, 0.25) is 17.7 Å². The molecule has 0 amide bonds. The van der Waals surface area contributed by atoms with Gasteiger partial charge in [0.15, 0.2) is 14.1 Å². The monoisotopic (exact) mass is 483 g/mol. The van der Waals surface area contributed by atoms with Gasteiger partial charge in [-0.1, -0.05) is 48.8 Å². The van der Waals surface area contributed by atoms with Crippen molar-refractivity contribution in [1.82, 2.24) is 0 Å². The molecule has 1 atom stereocenters. The smallest absolute Gasteiger partial charge is 0.227 e. The zero-order valence-corrected chi connectivity index (χ0v) is 19.8. The van der Waals surface area contributed by atoms with E-state index >= 15 is 0 Å². The molecule has 0 saturated heterocycles. The third kappa shape index (κ3) is 5.77. The summed E-state index contributed by atoms with van der Waals surface area (Å²) in [6.07, 6.45) is 0. The number of nitro groups is 1. The Morgan fingerprint density at radius 1 is 1.28 bits per heavy atom. The number of rotatable bonds is 7. The van der Waals surface area contributed by atoms with Crippen LogP contribution in [-0.2, 0) is 11.0 Å². The fraction of sp³-hybridized carbons (Fsp3) is 0.450. The molecule has 1 aromatic heterocycles. The Morgan fingerprint density at radius 2 is 1.86 bits per heavy atom. The molecule has 0 saturated carbocycles. The molecule has 0 unspecified atom stereocenters. The van der Waals surface area contributed by atoms with E-state index in [4.69, 9.17) is 8.84 Å². The van der Waals surface area contributed by atoms with Gasteiger partial charge in [-0.25, -0.2) is 0 Å². The zero-order chi connectivity index (χ0) is 22.0. The van der Waals surface area contributed by atoms with Crippen molar-refractivity contribution < 1.29 is 18.9 Å². The van der Waals surface area contributed by atoms with Crippen LogP contribution < -0.4 is 5.43 Å². The lowest BCUT2D eigenvalue weighted by atomic mass is 9.95. The van der Waals surface area contributed by atoms with Crippen molar-refractivity contribution in [3.63, 3.8) is 0 Å². The lowest BCUT2D eigenvalue weighted by Gasteiger charge is -2.35. The number of halogens is 1. The predicted octanol–water partition coefficient (Wildman–Crippen LogP) is 5.04. The first kappa shape index (κ1) is 23.3. The molecule has 7 nitrogen and oxygen atoms in total. The molecule has 1 aromatic carbocycles. The van der Waals surface area contributed by atoms with Gasteiger partial charge in [-0.2, -0.15) is 0 Å². The SMILES string of the molecule is CC(C)(C)[Si](C)(C)OCc1cc(=O)c(O)c([C@@H](C[N+](=O)[O-])c2ccc(Br)cc2)o1. The Labute approximate surface area is 179 Å². The largest absolute Gasteiger partial charge is 0.502 e. The average molecular weight is 484 g/mol. The van der Waals surface area contributed by atoms with E-state index in [2.05, 4.69) is 49.8 Å². The number of nitrogens with zero attached hydrogens (tertiary/aromatic N) is 1. The molecule has 0 spiro atoms. The second-order valence-corrected chi connectivity index (χ2v) is 14.2. The fourth-order valence-electron chi connectivity index (χ4n) is 2.51. The number of hydrogen-bond acceptors (Lipinski definition) is 6. The molecule has 29 heavy (non-hydrogen) atoms. The minimum Gasteiger partial charge on any atom is -0.502 e. The van der Waals surface area contributed by atoms with Crippen LogP contribution in [-0.4, -0.2) is 24.9 Å². The zero-order valence-electron chi connectivity index (χ0n) is 17.2. The van der Waals surface area contributed by atoms with E-state index in [0.717, 1.165) is 4.47 Å². The van der Waals surface area contributed by atoms with E-state index in [-0.39, 0.29) is 23.2 Å². The molecule has 2 aromatic rings. The number of aromatic hydroxyl groups is 1. The summed E-state index contributed by atoms with van der Waals surface area (Å²) in [5.74, 6) is -1.40. The van der Waals surface area contributed by atoms with Crippen LogP contribution in [0, 0.1) is 10.1 Å². The van der Waals surface area contributed by atoms with Gasteiger partial charge in [0, 0.05) is 15.5 Å². The third-order valence-corrected chi connectivity index (χ3v) is 10.3. The highest BCUT2D eigenvalue weighted by molar-refractivity contribution is 9.10.